The molecule has 0 saturated heterocycles. The highest BCUT2D eigenvalue weighted by atomic mass is 35.5. The smallest absolute Gasteiger partial charge is 0.278 e. The van der Waals surface area contributed by atoms with Crippen LogP contribution in [0.4, 0.5) is 5.69 Å². The molecule has 0 aliphatic carbocycles. The third-order valence-electron chi connectivity index (χ3n) is 5.12. The molecule has 0 atom stereocenters. The van der Waals surface area contributed by atoms with Gasteiger partial charge in [0.15, 0.2) is 5.69 Å². The van der Waals surface area contributed by atoms with E-state index in [2.05, 4.69) is 5.10 Å². The molecular formula is C22H22ClN3O3. The molecule has 2 heterocycles. The highest BCUT2D eigenvalue weighted by Crippen LogP contribution is 2.40. The SMILES string of the molecule is COc1ccc(C)cc1-n1ccc(C(=O)N2CCCc3c(Cl)ccc(OC)c32)n1. The van der Waals surface area contributed by atoms with E-state index in [1.54, 1.807) is 42.1 Å². The maximum absolute atomic E-state index is 13.3. The number of ether oxygens (including phenoxy) is 2. The summed E-state index contributed by atoms with van der Waals surface area (Å²) in [5, 5.41) is 5.17. The number of halogens is 1. The highest BCUT2D eigenvalue weighted by Gasteiger charge is 2.29. The van der Waals surface area contributed by atoms with Crippen molar-refractivity contribution in [3.8, 4) is 17.2 Å². The summed E-state index contributed by atoms with van der Waals surface area (Å²) in [6, 6.07) is 11.2. The van der Waals surface area contributed by atoms with Crippen molar-refractivity contribution in [2.45, 2.75) is 19.8 Å². The van der Waals surface area contributed by atoms with E-state index in [1.807, 2.05) is 31.2 Å². The molecular weight excluding hydrogens is 390 g/mol. The molecule has 0 spiro atoms. The van der Waals surface area contributed by atoms with Crippen LogP contribution in [0.3, 0.4) is 0 Å². The van der Waals surface area contributed by atoms with Crippen molar-refractivity contribution >= 4 is 23.2 Å². The molecule has 0 bridgehead atoms. The summed E-state index contributed by atoms with van der Waals surface area (Å²) in [6.07, 6.45) is 3.41. The Balaban J connectivity index is 1.72. The lowest BCUT2D eigenvalue weighted by Gasteiger charge is -2.31. The number of carbonyl (C=O) groups excluding carboxylic acids is 1. The molecule has 29 heavy (non-hydrogen) atoms. The molecule has 0 radical (unpaired) electrons. The third-order valence-corrected chi connectivity index (χ3v) is 5.48. The first kappa shape index (κ1) is 19.3. The van der Waals surface area contributed by atoms with Crippen LogP contribution >= 0.6 is 11.6 Å². The Morgan fingerprint density at radius 3 is 2.62 bits per heavy atom. The summed E-state index contributed by atoms with van der Waals surface area (Å²) in [5.41, 5.74) is 3.88. The summed E-state index contributed by atoms with van der Waals surface area (Å²) in [6.45, 7) is 2.59. The summed E-state index contributed by atoms with van der Waals surface area (Å²) in [5.74, 6) is 1.14. The molecule has 0 unspecified atom stereocenters. The molecule has 1 aliphatic rings. The minimum absolute atomic E-state index is 0.183. The zero-order valence-corrected chi connectivity index (χ0v) is 17.4. The summed E-state index contributed by atoms with van der Waals surface area (Å²) in [4.78, 5) is 15.0. The van der Waals surface area contributed by atoms with Crippen molar-refractivity contribution in [3.63, 3.8) is 0 Å². The van der Waals surface area contributed by atoms with Gasteiger partial charge in [0.1, 0.15) is 17.2 Å². The lowest BCUT2D eigenvalue weighted by Crippen LogP contribution is -2.36. The lowest BCUT2D eigenvalue weighted by atomic mass is 10.0. The molecule has 3 aromatic rings. The Labute approximate surface area is 174 Å². The van der Waals surface area contributed by atoms with Crippen LogP contribution in [-0.4, -0.2) is 36.5 Å². The predicted octanol–water partition coefficient (Wildman–Crippen LogP) is 4.44. The van der Waals surface area contributed by atoms with E-state index in [0.29, 0.717) is 28.8 Å². The van der Waals surface area contributed by atoms with Crippen LogP contribution in [0.2, 0.25) is 5.02 Å². The molecule has 150 valence electrons. The van der Waals surface area contributed by atoms with Crippen molar-refractivity contribution in [2.75, 3.05) is 25.7 Å². The van der Waals surface area contributed by atoms with E-state index in [4.69, 9.17) is 21.1 Å². The summed E-state index contributed by atoms with van der Waals surface area (Å²) < 4.78 is 12.6. The number of carbonyl (C=O) groups is 1. The molecule has 1 aliphatic heterocycles. The number of amides is 1. The molecule has 0 fully saturated rings. The van der Waals surface area contributed by atoms with Crippen LogP contribution in [0.1, 0.15) is 28.0 Å². The van der Waals surface area contributed by atoms with Gasteiger partial charge in [-0.05, 0) is 61.2 Å². The minimum atomic E-state index is -0.183. The number of aromatic nitrogens is 2. The Bertz CT molecular complexity index is 1080. The van der Waals surface area contributed by atoms with Gasteiger partial charge in [0.05, 0.1) is 19.9 Å². The van der Waals surface area contributed by atoms with E-state index in [1.165, 1.54) is 0 Å². The van der Waals surface area contributed by atoms with Gasteiger partial charge >= 0.3 is 0 Å². The van der Waals surface area contributed by atoms with Gasteiger partial charge in [-0.1, -0.05) is 17.7 Å². The monoisotopic (exact) mass is 411 g/mol. The van der Waals surface area contributed by atoms with E-state index in [9.17, 15) is 4.79 Å². The fourth-order valence-corrected chi connectivity index (χ4v) is 3.95. The van der Waals surface area contributed by atoms with E-state index < -0.39 is 0 Å². The Hall–Kier alpha value is -2.99. The van der Waals surface area contributed by atoms with Crippen molar-refractivity contribution in [2.24, 2.45) is 0 Å². The number of nitrogens with zero attached hydrogens (tertiary/aromatic N) is 3. The number of hydrogen-bond acceptors (Lipinski definition) is 4. The fraction of sp³-hybridized carbons (Fsp3) is 0.273. The Morgan fingerprint density at radius 2 is 1.86 bits per heavy atom. The summed E-state index contributed by atoms with van der Waals surface area (Å²) >= 11 is 6.39. The fourth-order valence-electron chi connectivity index (χ4n) is 3.71. The lowest BCUT2D eigenvalue weighted by molar-refractivity contribution is 0.0979. The number of methoxy groups -OCH3 is 2. The quantitative estimate of drug-likeness (QED) is 0.636. The first-order valence-electron chi connectivity index (χ1n) is 9.41. The van der Waals surface area contributed by atoms with Gasteiger partial charge in [-0.3, -0.25) is 4.79 Å². The van der Waals surface area contributed by atoms with Gasteiger partial charge in [-0.15, -0.1) is 0 Å². The maximum Gasteiger partial charge on any atom is 0.278 e. The van der Waals surface area contributed by atoms with Crippen LogP contribution in [-0.2, 0) is 6.42 Å². The average Bonchev–Trinajstić information content (AvgIpc) is 3.23. The van der Waals surface area contributed by atoms with Gasteiger partial charge in [-0.2, -0.15) is 5.10 Å². The van der Waals surface area contributed by atoms with Crippen LogP contribution in [0, 0.1) is 6.92 Å². The zero-order valence-electron chi connectivity index (χ0n) is 16.6. The molecule has 0 saturated carbocycles. The second kappa shape index (κ2) is 7.79. The highest BCUT2D eigenvalue weighted by molar-refractivity contribution is 6.32. The molecule has 1 amide bonds. The topological polar surface area (TPSA) is 56.6 Å². The second-order valence-electron chi connectivity index (χ2n) is 6.96. The Morgan fingerprint density at radius 1 is 1.10 bits per heavy atom. The number of benzene rings is 2. The zero-order chi connectivity index (χ0) is 20.5. The molecule has 7 heteroatoms. The van der Waals surface area contributed by atoms with Crippen LogP contribution < -0.4 is 14.4 Å². The first-order valence-corrected chi connectivity index (χ1v) is 9.79. The molecule has 4 rings (SSSR count). The van der Waals surface area contributed by atoms with Gasteiger partial charge in [0, 0.05) is 17.8 Å². The number of anilines is 1. The Kier molecular flexibility index (Phi) is 5.20. The van der Waals surface area contributed by atoms with Gasteiger partial charge in [0.2, 0.25) is 0 Å². The number of rotatable bonds is 4. The standard InChI is InChI=1S/C22H22ClN3O3/c1-14-6-8-19(28-2)18(13-14)26-12-10-17(24-26)22(27)25-11-4-5-15-16(23)7-9-20(29-3)21(15)25/h6-10,12-13H,4-5,11H2,1-3H3. The summed E-state index contributed by atoms with van der Waals surface area (Å²) in [7, 11) is 3.21. The maximum atomic E-state index is 13.3. The van der Waals surface area contributed by atoms with Gasteiger partial charge in [0.25, 0.3) is 5.91 Å². The van der Waals surface area contributed by atoms with Gasteiger partial charge < -0.3 is 14.4 Å². The average molecular weight is 412 g/mol. The van der Waals surface area contributed by atoms with Crippen molar-refractivity contribution in [1.29, 1.82) is 0 Å². The minimum Gasteiger partial charge on any atom is -0.495 e. The van der Waals surface area contributed by atoms with E-state index in [0.717, 1.165) is 35.3 Å². The molecule has 1 aromatic heterocycles. The number of aryl methyl sites for hydroxylation is 1. The van der Waals surface area contributed by atoms with Crippen molar-refractivity contribution in [3.05, 3.63) is 64.4 Å². The normalized spacial score (nSPS) is 13.2. The first-order chi connectivity index (χ1) is 14.0. The molecule has 6 nitrogen and oxygen atoms in total. The van der Waals surface area contributed by atoms with Crippen LogP contribution in [0.25, 0.3) is 5.69 Å². The van der Waals surface area contributed by atoms with Crippen LogP contribution in [0.5, 0.6) is 11.5 Å². The van der Waals surface area contributed by atoms with E-state index >= 15 is 0 Å². The van der Waals surface area contributed by atoms with Crippen molar-refractivity contribution in [1.82, 2.24) is 9.78 Å². The third kappa shape index (κ3) is 3.44. The second-order valence-corrected chi connectivity index (χ2v) is 7.37. The van der Waals surface area contributed by atoms with Crippen LogP contribution in [0.15, 0.2) is 42.6 Å². The molecule has 2 aromatic carbocycles. The molecule has 0 N–H and O–H groups in total. The van der Waals surface area contributed by atoms with E-state index in [-0.39, 0.29) is 5.91 Å². The largest absolute Gasteiger partial charge is 0.495 e. The number of hydrogen-bond donors (Lipinski definition) is 0. The predicted molar refractivity (Wildman–Crippen MR) is 113 cm³/mol. The van der Waals surface area contributed by atoms with Crippen molar-refractivity contribution < 1.29 is 14.3 Å². The van der Waals surface area contributed by atoms with Gasteiger partial charge in [-0.25, -0.2) is 4.68 Å². The number of fused-ring (bicyclic) bond motifs is 1.